The number of nitrogens with zero attached hydrogens (tertiary/aromatic N) is 9. The maximum absolute atomic E-state index is 6.19. The van der Waals surface area contributed by atoms with E-state index in [9.17, 15) is 0 Å². The van der Waals surface area contributed by atoms with Crippen molar-refractivity contribution in [2.75, 3.05) is 27.8 Å². The highest BCUT2D eigenvalue weighted by Crippen LogP contribution is 2.38. The quantitative estimate of drug-likeness (QED) is 0.0838. The molecule has 0 atom stereocenters. The summed E-state index contributed by atoms with van der Waals surface area (Å²) in [7, 11) is 4.22. The fraction of sp³-hybridized carbons (Fsp3) is 0.333. The fourth-order valence-electron chi connectivity index (χ4n) is 4.53. The van der Waals surface area contributed by atoms with Crippen molar-refractivity contribution in [1.29, 1.82) is 0 Å². The molecule has 0 radical (unpaired) electrons. The topological polar surface area (TPSA) is 108 Å². The number of aromatic nitrogens is 7. The molecule has 0 bridgehead atoms. The normalized spacial score (nSPS) is 12.0. The molecule has 4 heterocycles. The number of hydrogen-bond donors (Lipinski definition) is 0. The summed E-state index contributed by atoms with van der Waals surface area (Å²) in [6, 6.07) is 15.0. The largest absolute Gasteiger partial charge is 0.481 e. The Bertz CT molecular complexity index is 1670. The van der Waals surface area contributed by atoms with E-state index in [0.717, 1.165) is 39.8 Å². The Morgan fingerprint density at radius 3 is 2.52 bits per heavy atom. The number of ether oxygens (including phenoxy) is 2. The van der Waals surface area contributed by atoms with E-state index in [1.165, 1.54) is 6.33 Å². The van der Waals surface area contributed by atoms with Gasteiger partial charge in [0.05, 0.1) is 25.4 Å². The predicted molar refractivity (Wildman–Crippen MR) is 168 cm³/mol. The molecule has 4 aromatic heterocycles. The number of aliphatic imine (C=N–C) groups is 1. The van der Waals surface area contributed by atoms with Crippen molar-refractivity contribution in [2.24, 2.45) is 4.99 Å². The van der Waals surface area contributed by atoms with Crippen molar-refractivity contribution < 1.29 is 9.47 Å². The van der Waals surface area contributed by atoms with Crippen molar-refractivity contribution in [3.05, 3.63) is 67.0 Å². The average molecular weight is 584 g/mol. The second-order valence-electron chi connectivity index (χ2n) is 11.4. The van der Waals surface area contributed by atoms with E-state index in [0.29, 0.717) is 37.2 Å². The molecule has 0 amide bonds. The zero-order valence-corrected chi connectivity index (χ0v) is 26.0. The van der Waals surface area contributed by atoms with Gasteiger partial charge in [-0.05, 0) is 18.2 Å². The lowest BCUT2D eigenvalue weighted by atomic mass is 10.1. The van der Waals surface area contributed by atoms with Gasteiger partial charge < -0.3 is 18.9 Å². The van der Waals surface area contributed by atoms with Crippen LogP contribution in [-0.4, -0.2) is 81.4 Å². The summed E-state index contributed by atoms with van der Waals surface area (Å²) in [5.74, 6) is 2.57. The molecule has 0 unspecified atom stereocenters. The Balaban J connectivity index is 1.60. The van der Waals surface area contributed by atoms with Gasteiger partial charge in [-0.2, -0.15) is 0 Å². The molecule has 42 heavy (non-hydrogen) atoms. The second kappa shape index (κ2) is 12.6. The molecular formula is C30H37N9O2Si. The molecule has 0 aliphatic heterocycles. The second-order valence-corrected chi connectivity index (χ2v) is 17.0. The Hall–Kier alpha value is -4.42. The number of benzene rings is 1. The lowest BCUT2D eigenvalue weighted by molar-refractivity contribution is 0.0859. The van der Waals surface area contributed by atoms with Gasteiger partial charge in [-0.3, -0.25) is 4.57 Å². The molecule has 218 valence electrons. The van der Waals surface area contributed by atoms with Crippen LogP contribution in [0.2, 0.25) is 25.7 Å². The third-order valence-corrected chi connectivity index (χ3v) is 8.39. The van der Waals surface area contributed by atoms with Gasteiger partial charge in [-0.25, -0.2) is 19.9 Å². The molecule has 0 fully saturated rings. The highest BCUT2D eigenvalue weighted by Gasteiger charge is 2.22. The minimum Gasteiger partial charge on any atom is -0.481 e. The molecule has 0 aliphatic rings. The summed E-state index contributed by atoms with van der Waals surface area (Å²) in [5.41, 5.74) is 3.38. The molecule has 0 saturated heterocycles. The molecule has 0 saturated carbocycles. The molecule has 0 spiro atoms. The van der Waals surface area contributed by atoms with Crippen LogP contribution < -0.4 is 4.74 Å². The molecule has 0 aliphatic carbocycles. The highest BCUT2D eigenvalue weighted by molar-refractivity contribution is 6.76. The van der Waals surface area contributed by atoms with Crippen LogP contribution >= 0.6 is 0 Å². The van der Waals surface area contributed by atoms with Crippen molar-refractivity contribution in [2.45, 2.75) is 39.0 Å². The summed E-state index contributed by atoms with van der Waals surface area (Å²) < 4.78 is 15.9. The van der Waals surface area contributed by atoms with Crippen LogP contribution in [0.15, 0.2) is 66.2 Å². The molecule has 5 rings (SSSR count). The van der Waals surface area contributed by atoms with E-state index < -0.39 is 8.07 Å². The van der Waals surface area contributed by atoms with E-state index >= 15 is 0 Å². The lowest BCUT2D eigenvalue weighted by Crippen LogP contribution is -2.22. The zero-order valence-electron chi connectivity index (χ0n) is 25.0. The van der Waals surface area contributed by atoms with Crippen LogP contribution in [0.3, 0.4) is 0 Å². The van der Waals surface area contributed by atoms with E-state index in [1.54, 1.807) is 19.6 Å². The number of rotatable bonds is 12. The lowest BCUT2D eigenvalue weighted by Gasteiger charge is -2.17. The number of methoxy groups -OCH3 is 1. The molecule has 12 heteroatoms. The van der Waals surface area contributed by atoms with Gasteiger partial charge in [0.2, 0.25) is 5.88 Å². The van der Waals surface area contributed by atoms with Crippen molar-refractivity contribution in [3.63, 3.8) is 0 Å². The first-order chi connectivity index (χ1) is 20.2. The third-order valence-electron chi connectivity index (χ3n) is 6.69. The van der Waals surface area contributed by atoms with Crippen LogP contribution in [0.4, 0.5) is 5.82 Å². The monoisotopic (exact) mass is 583 g/mol. The predicted octanol–water partition coefficient (Wildman–Crippen LogP) is 5.34. The standard InChI is InChI=1S/C30H37N9O2Si/c1-37(2)20-34-27-26-24(23-13-10-14-31-30(23)40-3)17-38(29(26)33-19-32-27)18-25-35-36-28(22-11-8-7-9-12-22)39(25)21-41-15-16-42(4,5)6/h7-14,17,19-20H,15-16,18,21H2,1-6H3/b34-20+. The first kappa shape index (κ1) is 29.1. The third kappa shape index (κ3) is 6.55. The minimum absolute atomic E-state index is 0.354. The van der Waals surface area contributed by atoms with Crippen molar-refractivity contribution in [1.82, 2.24) is 39.2 Å². The van der Waals surface area contributed by atoms with E-state index in [4.69, 9.17) is 9.47 Å². The maximum Gasteiger partial charge on any atom is 0.221 e. The molecule has 11 nitrogen and oxygen atoms in total. The zero-order chi connectivity index (χ0) is 29.7. The maximum atomic E-state index is 6.19. The molecule has 5 aromatic rings. The minimum atomic E-state index is -1.23. The first-order valence-corrected chi connectivity index (χ1v) is 17.5. The van der Waals surface area contributed by atoms with Crippen LogP contribution in [0.5, 0.6) is 5.88 Å². The highest BCUT2D eigenvalue weighted by atomic mass is 28.3. The Morgan fingerprint density at radius 1 is 0.976 bits per heavy atom. The number of fused-ring (bicyclic) bond motifs is 1. The summed E-state index contributed by atoms with van der Waals surface area (Å²) in [6.07, 6.45) is 6.99. The Kier molecular flexibility index (Phi) is 8.74. The summed E-state index contributed by atoms with van der Waals surface area (Å²) >= 11 is 0. The van der Waals surface area contributed by atoms with Crippen LogP contribution in [-0.2, 0) is 18.0 Å². The molecule has 1 aromatic carbocycles. The average Bonchev–Trinajstić information content (AvgIpc) is 3.55. The number of hydrogen-bond acceptors (Lipinski definition) is 8. The van der Waals surface area contributed by atoms with Gasteiger partial charge in [0.25, 0.3) is 0 Å². The van der Waals surface area contributed by atoms with Crippen LogP contribution in [0.25, 0.3) is 33.5 Å². The van der Waals surface area contributed by atoms with E-state index in [-0.39, 0.29) is 0 Å². The van der Waals surface area contributed by atoms with Crippen LogP contribution in [0.1, 0.15) is 5.82 Å². The number of pyridine rings is 1. The van der Waals surface area contributed by atoms with Gasteiger partial charge >= 0.3 is 0 Å². The van der Waals surface area contributed by atoms with E-state index in [1.807, 2.05) is 76.8 Å². The first-order valence-electron chi connectivity index (χ1n) is 13.8. The van der Waals surface area contributed by atoms with Crippen molar-refractivity contribution >= 4 is 31.3 Å². The van der Waals surface area contributed by atoms with Crippen molar-refractivity contribution in [3.8, 4) is 28.4 Å². The molecule has 0 N–H and O–H groups in total. The summed E-state index contributed by atoms with van der Waals surface area (Å²) in [6.45, 7) is 8.50. The fourth-order valence-corrected chi connectivity index (χ4v) is 5.29. The summed E-state index contributed by atoms with van der Waals surface area (Å²) in [4.78, 5) is 20.1. The molecular weight excluding hydrogens is 546 g/mol. The SMILES string of the molecule is COc1ncccc1-c1cn(Cc2nnc(-c3ccccc3)n2COCC[Si](C)(C)C)c2ncnc(/N=C/N(C)C)c12. The van der Waals surface area contributed by atoms with Gasteiger partial charge in [0.1, 0.15) is 18.7 Å². The van der Waals surface area contributed by atoms with Crippen LogP contribution in [0, 0.1) is 0 Å². The van der Waals surface area contributed by atoms with Gasteiger partial charge in [-0.1, -0.05) is 50.0 Å². The Labute approximate surface area is 246 Å². The van der Waals surface area contributed by atoms with E-state index in [2.05, 4.69) is 49.8 Å². The summed E-state index contributed by atoms with van der Waals surface area (Å²) in [5, 5.41) is 10.0. The smallest absolute Gasteiger partial charge is 0.221 e. The van der Waals surface area contributed by atoms with Gasteiger partial charge in [0, 0.05) is 57.9 Å². The van der Waals surface area contributed by atoms with Gasteiger partial charge in [-0.15, -0.1) is 10.2 Å². The van der Waals surface area contributed by atoms with Gasteiger partial charge in [0.15, 0.2) is 17.5 Å². The Morgan fingerprint density at radius 2 is 1.79 bits per heavy atom.